The molecule has 0 aliphatic carbocycles. The molecule has 2 N–H and O–H groups in total. The van der Waals surface area contributed by atoms with Gasteiger partial charge in [-0.25, -0.2) is 4.68 Å². The van der Waals surface area contributed by atoms with E-state index in [0.29, 0.717) is 16.7 Å². The van der Waals surface area contributed by atoms with Crippen molar-refractivity contribution in [2.24, 2.45) is 5.92 Å². The van der Waals surface area contributed by atoms with Crippen LogP contribution in [0.2, 0.25) is 5.02 Å². The smallest absolute Gasteiger partial charge is 0.232 e. The third-order valence-corrected chi connectivity index (χ3v) is 4.76. The van der Waals surface area contributed by atoms with Gasteiger partial charge in [-0.15, -0.1) is 0 Å². The maximum atomic E-state index is 13.1. The van der Waals surface area contributed by atoms with E-state index in [0.717, 1.165) is 5.56 Å². The summed E-state index contributed by atoms with van der Waals surface area (Å²) in [5.74, 6) is 0.133. The van der Waals surface area contributed by atoms with Gasteiger partial charge in [0, 0.05) is 29.1 Å². The Labute approximate surface area is 155 Å². The zero-order chi connectivity index (χ0) is 18.1. The molecule has 3 atom stereocenters. The molecule has 7 nitrogen and oxygen atoms in total. The second kappa shape index (κ2) is 6.76. The van der Waals surface area contributed by atoms with E-state index in [1.165, 1.54) is 6.33 Å². The van der Waals surface area contributed by atoms with Crippen LogP contribution >= 0.6 is 11.6 Å². The molecular weight excluding hydrogens is 352 g/mol. The molecule has 132 valence electrons. The first kappa shape index (κ1) is 16.5. The number of hydrogen-bond acceptors (Lipinski definition) is 5. The van der Waals surface area contributed by atoms with Crippen LogP contribution in [-0.4, -0.2) is 31.7 Å². The van der Waals surface area contributed by atoms with Gasteiger partial charge in [0.05, 0.1) is 12.0 Å². The van der Waals surface area contributed by atoms with Crippen molar-refractivity contribution in [3.05, 3.63) is 65.7 Å². The number of amides is 1. The molecule has 1 aliphatic rings. The van der Waals surface area contributed by atoms with E-state index in [1.807, 2.05) is 19.1 Å². The van der Waals surface area contributed by atoms with E-state index in [-0.39, 0.29) is 18.0 Å². The maximum Gasteiger partial charge on any atom is 0.232 e. The minimum absolute atomic E-state index is 0.109. The van der Waals surface area contributed by atoms with Crippen LogP contribution in [-0.2, 0) is 4.79 Å². The van der Waals surface area contributed by atoms with E-state index < -0.39 is 5.92 Å². The highest BCUT2D eigenvalue weighted by atomic mass is 35.5. The van der Waals surface area contributed by atoms with Gasteiger partial charge in [0.25, 0.3) is 0 Å². The Morgan fingerprint density at radius 3 is 2.81 bits per heavy atom. The van der Waals surface area contributed by atoms with Gasteiger partial charge in [0.2, 0.25) is 11.9 Å². The molecule has 0 bridgehead atoms. The monoisotopic (exact) mass is 368 g/mol. The number of hydrogen-bond donors (Lipinski definition) is 2. The summed E-state index contributed by atoms with van der Waals surface area (Å²) in [6.07, 6.45) is 4.95. The third-order valence-electron chi connectivity index (χ3n) is 4.51. The van der Waals surface area contributed by atoms with Gasteiger partial charge >= 0.3 is 0 Å². The highest BCUT2D eigenvalue weighted by molar-refractivity contribution is 6.30. The Balaban J connectivity index is 1.70. The Kier molecular flexibility index (Phi) is 4.30. The number of pyridine rings is 1. The molecule has 1 aromatic carbocycles. The molecule has 0 saturated heterocycles. The minimum Gasteiger partial charge on any atom is -0.351 e. The first-order chi connectivity index (χ1) is 12.6. The van der Waals surface area contributed by atoms with Crippen molar-refractivity contribution in [2.75, 3.05) is 10.6 Å². The number of anilines is 2. The third kappa shape index (κ3) is 3.01. The Morgan fingerprint density at radius 1 is 1.27 bits per heavy atom. The predicted octanol–water partition coefficient (Wildman–Crippen LogP) is 2.98. The van der Waals surface area contributed by atoms with Gasteiger partial charge in [-0.3, -0.25) is 9.78 Å². The summed E-state index contributed by atoms with van der Waals surface area (Å²) < 4.78 is 1.74. The molecule has 4 rings (SSSR count). The average Bonchev–Trinajstić information content (AvgIpc) is 3.11. The number of nitrogens with one attached hydrogen (secondary N) is 2. The Morgan fingerprint density at radius 2 is 2.08 bits per heavy atom. The summed E-state index contributed by atoms with van der Waals surface area (Å²) in [5.41, 5.74) is 1.60. The number of carbonyl (C=O) groups excluding carboxylic acids is 1. The summed E-state index contributed by atoms with van der Waals surface area (Å²) in [6, 6.07) is 10.4. The second-order valence-electron chi connectivity index (χ2n) is 6.21. The van der Waals surface area contributed by atoms with Crippen LogP contribution in [0.4, 0.5) is 11.6 Å². The molecule has 0 radical (unpaired) electrons. The van der Waals surface area contributed by atoms with Crippen LogP contribution in [0.5, 0.6) is 0 Å². The number of rotatable bonds is 3. The quantitative estimate of drug-likeness (QED) is 0.742. The van der Waals surface area contributed by atoms with Gasteiger partial charge in [-0.1, -0.05) is 17.7 Å². The largest absolute Gasteiger partial charge is 0.351 e. The molecule has 26 heavy (non-hydrogen) atoms. The number of fused-ring (bicyclic) bond motifs is 1. The molecule has 0 unspecified atom stereocenters. The molecule has 0 saturated carbocycles. The van der Waals surface area contributed by atoms with Crippen LogP contribution < -0.4 is 10.6 Å². The number of halogens is 1. The molecule has 3 aromatic rings. The SMILES string of the molecule is C[C@H]1Nc2ncnn2[C@@H](c2cccnc2)[C@@H]1C(=O)Nc1ccc(Cl)cc1. The molecule has 1 aliphatic heterocycles. The Hall–Kier alpha value is -2.93. The standard InChI is InChI=1S/C18H17ClN6O/c1-11-15(17(26)24-14-6-4-13(19)5-7-14)16(12-3-2-8-20-9-12)25-18(23-11)21-10-22-25/h2-11,15-16H,1H3,(H,24,26)(H,21,22,23)/t11-,15-,16+/m1/s1. The van der Waals surface area contributed by atoms with Crippen LogP contribution in [0, 0.1) is 5.92 Å². The predicted molar refractivity (Wildman–Crippen MR) is 99.1 cm³/mol. The lowest BCUT2D eigenvalue weighted by molar-refractivity contribution is -0.121. The van der Waals surface area contributed by atoms with Crippen molar-refractivity contribution in [3.8, 4) is 0 Å². The topological polar surface area (TPSA) is 84.7 Å². The molecule has 8 heteroatoms. The van der Waals surface area contributed by atoms with Crippen LogP contribution in [0.1, 0.15) is 18.5 Å². The van der Waals surface area contributed by atoms with Crippen LogP contribution in [0.25, 0.3) is 0 Å². The lowest BCUT2D eigenvalue weighted by Crippen LogP contribution is -2.46. The van der Waals surface area contributed by atoms with Crippen LogP contribution in [0.15, 0.2) is 55.1 Å². The van der Waals surface area contributed by atoms with Crippen molar-refractivity contribution in [3.63, 3.8) is 0 Å². The number of benzene rings is 1. The molecule has 3 heterocycles. The van der Waals surface area contributed by atoms with E-state index in [9.17, 15) is 4.79 Å². The fraction of sp³-hybridized carbons (Fsp3) is 0.222. The minimum atomic E-state index is -0.399. The lowest BCUT2D eigenvalue weighted by Gasteiger charge is -2.36. The summed E-state index contributed by atoms with van der Waals surface area (Å²) in [4.78, 5) is 21.6. The second-order valence-corrected chi connectivity index (χ2v) is 6.65. The molecule has 0 fully saturated rings. The van der Waals surface area contributed by atoms with Gasteiger partial charge < -0.3 is 10.6 Å². The zero-order valence-electron chi connectivity index (χ0n) is 14.0. The van der Waals surface area contributed by atoms with Gasteiger partial charge in [0.15, 0.2) is 0 Å². The van der Waals surface area contributed by atoms with Crippen LogP contribution in [0.3, 0.4) is 0 Å². The summed E-state index contributed by atoms with van der Waals surface area (Å²) in [7, 11) is 0. The average molecular weight is 369 g/mol. The maximum absolute atomic E-state index is 13.1. The lowest BCUT2D eigenvalue weighted by atomic mass is 9.86. The summed E-state index contributed by atoms with van der Waals surface area (Å²) in [5, 5.41) is 11.2. The van der Waals surface area contributed by atoms with E-state index in [4.69, 9.17) is 11.6 Å². The Bertz CT molecular complexity index is 911. The van der Waals surface area contributed by atoms with Gasteiger partial charge in [-0.2, -0.15) is 10.1 Å². The van der Waals surface area contributed by atoms with Gasteiger partial charge in [0.1, 0.15) is 6.33 Å². The van der Waals surface area contributed by atoms with E-state index in [2.05, 4.69) is 25.7 Å². The highest BCUT2D eigenvalue weighted by Gasteiger charge is 2.41. The molecule has 0 spiro atoms. The van der Waals surface area contributed by atoms with Crippen molar-refractivity contribution in [1.82, 2.24) is 19.7 Å². The number of carbonyl (C=O) groups is 1. The first-order valence-corrected chi connectivity index (χ1v) is 8.63. The van der Waals surface area contributed by atoms with Crippen molar-refractivity contribution >= 4 is 29.1 Å². The molecule has 1 amide bonds. The number of nitrogens with zero attached hydrogens (tertiary/aromatic N) is 4. The van der Waals surface area contributed by atoms with Gasteiger partial charge in [-0.05, 0) is 42.8 Å². The van der Waals surface area contributed by atoms with E-state index in [1.54, 1.807) is 41.3 Å². The first-order valence-electron chi connectivity index (χ1n) is 8.26. The fourth-order valence-corrected chi connectivity index (χ4v) is 3.43. The fourth-order valence-electron chi connectivity index (χ4n) is 3.30. The number of aromatic nitrogens is 4. The molecular formula is C18H17ClN6O. The molecule has 2 aromatic heterocycles. The zero-order valence-corrected chi connectivity index (χ0v) is 14.8. The highest BCUT2D eigenvalue weighted by Crippen LogP contribution is 2.36. The summed E-state index contributed by atoms with van der Waals surface area (Å²) >= 11 is 5.92. The summed E-state index contributed by atoms with van der Waals surface area (Å²) in [6.45, 7) is 1.97. The van der Waals surface area contributed by atoms with E-state index >= 15 is 0 Å². The van der Waals surface area contributed by atoms with Crippen molar-refractivity contribution in [2.45, 2.75) is 19.0 Å². The normalized spacial score (nSPS) is 21.5. The van der Waals surface area contributed by atoms with Crippen molar-refractivity contribution in [1.29, 1.82) is 0 Å². The van der Waals surface area contributed by atoms with Crippen molar-refractivity contribution < 1.29 is 4.79 Å².